The normalized spacial score (nSPS) is 11.5. The molecule has 0 aromatic heterocycles. The Balaban J connectivity index is 0.00000103. The lowest BCUT2D eigenvalue weighted by atomic mass is 10.1. The summed E-state index contributed by atoms with van der Waals surface area (Å²) in [5, 5.41) is 7.75. The van der Waals surface area contributed by atoms with Crippen LogP contribution >= 0.6 is 23.2 Å². The third-order valence-electron chi connectivity index (χ3n) is 3.33. The molecule has 0 spiro atoms. The van der Waals surface area contributed by atoms with Crippen LogP contribution in [-0.2, 0) is 14.4 Å². The Morgan fingerprint density at radius 2 is 1.70 bits per heavy atom. The number of rotatable bonds is 7. The van der Waals surface area contributed by atoms with Gasteiger partial charge in [0.1, 0.15) is 6.04 Å². The van der Waals surface area contributed by atoms with Gasteiger partial charge in [-0.1, -0.05) is 23.2 Å². The zero-order chi connectivity index (χ0) is 23.6. The molecule has 0 unspecified atom stereocenters. The molecule has 1 atom stereocenters. The number of primary amides is 1. The number of aliphatic carboxylic acids is 1. The summed E-state index contributed by atoms with van der Waals surface area (Å²) in [7, 11) is 0. The van der Waals surface area contributed by atoms with Gasteiger partial charge in [0.05, 0.1) is 10.0 Å². The van der Waals surface area contributed by atoms with E-state index in [1.54, 1.807) is 12.1 Å². The van der Waals surface area contributed by atoms with Crippen molar-refractivity contribution in [2.24, 2.45) is 22.2 Å². The predicted octanol–water partition coefficient (Wildman–Crippen LogP) is 1.89. The molecule has 0 aliphatic rings. The van der Waals surface area contributed by atoms with Crippen LogP contribution in [0.2, 0.25) is 10.0 Å². The molecule has 0 aliphatic heterocycles. The highest BCUT2D eigenvalue weighted by atomic mass is 35.5. The minimum Gasteiger partial charge on any atom is -0.475 e. The van der Waals surface area contributed by atoms with Crippen molar-refractivity contribution in [1.29, 1.82) is 0 Å². The number of aliphatic imine (C=N–C) groups is 1. The Kier molecular flexibility index (Phi) is 11.0. The molecule has 1 aromatic carbocycles. The summed E-state index contributed by atoms with van der Waals surface area (Å²) in [6.07, 6.45) is -4.29. The van der Waals surface area contributed by atoms with Crippen LogP contribution in [0, 0.1) is 0 Å². The zero-order valence-electron chi connectivity index (χ0n) is 15.6. The quantitative estimate of drug-likeness (QED) is 0.268. The van der Waals surface area contributed by atoms with Gasteiger partial charge in [-0.25, -0.2) is 4.79 Å². The number of anilines is 1. The summed E-state index contributed by atoms with van der Waals surface area (Å²) in [5.74, 6) is -3.76. The van der Waals surface area contributed by atoms with E-state index in [4.69, 9.17) is 50.3 Å². The SMILES string of the molecule is CC(=O)N(c1ccc(Cl)c(Cl)c1)[C@@H](CCCN=C(N)N)C(N)=O.O=C(O)C(F)(F)F. The Morgan fingerprint density at radius 1 is 1.17 bits per heavy atom. The molecule has 168 valence electrons. The number of carbonyl (C=O) groups excluding carboxylic acids is 2. The fraction of sp³-hybridized carbons (Fsp3) is 0.375. The Bertz CT molecular complexity index is 802. The number of carbonyl (C=O) groups is 3. The van der Waals surface area contributed by atoms with E-state index in [0.717, 1.165) is 0 Å². The van der Waals surface area contributed by atoms with E-state index in [0.29, 0.717) is 30.1 Å². The van der Waals surface area contributed by atoms with Crippen LogP contribution in [0.15, 0.2) is 23.2 Å². The zero-order valence-corrected chi connectivity index (χ0v) is 17.1. The number of halogens is 5. The third-order valence-corrected chi connectivity index (χ3v) is 4.07. The second-order valence-electron chi connectivity index (χ2n) is 5.66. The fourth-order valence-electron chi connectivity index (χ4n) is 2.11. The van der Waals surface area contributed by atoms with Crippen LogP contribution in [0.25, 0.3) is 0 Å². The van der Waals surface area contributed by atoms with E-state index in [1.165, 1.54) is 17.9 Å². The topological polar surface area (TPSA) is 165 Å². The van der Waals surface area contributed by atoms with Crippen molar-refractivity contribution in [2.75, 3.05) is 11.4 Å². The number of alkyl halides is 3. The first-order valence-corrected chi connectivity index (χ1v) is 8.83. The van der Waals surface area contributed by atoms with E-state index in [1.807, 2.05) is 0 Å². The lowest BCUT2D eigenvalue weighted by molar-refractivity contribution is -0.192. The molecular formula is C16H20Cl2F3N5O4. The average Bonchev–Trinajstić information content (AvgIpc) is 2.59. The number of hydrogen-bond acceptors (Lipinski definition) is 4. The van der Waals surface area contributed by atoms with Crippen molar-refractivity contribution < 1.29 is 32.7 Å². The second-order valence-corrected chi connectivity index (χ2v) is 6.47. The molecule has 0 saturated carbocycles. The molecule has 0 aliphatic carbocycles. The maximum Gasteiger partial charge on any atom is 0.490 e. The molecule has 2 amide bonds. The molecule has 0 heterocycles. The molecule has 0 bridgehead atoms. The average molecular weight is 474 g/mol. The minimum absolute atomic E-state index is 0.0338. The molecule has 0 saturated heterocycles. The van der Waals surface area contributed by atoms with Crippen molar-refractivity contribution in [1.82, 2.24) is 0 Å². The van der Waals surface area contributed by atoms with E-state index < -0.39 is 24.1 Å². The van der Waals surface area contributed by atoms with Gasteiger partial charge in [0.2, 0.25) is 11.8 Å². The van der Waals surface area contributed by atoms with Crippen molar-refractivity contribution >= 4 is 52.6 Å². The number of nitrogens with two attached hydrogens (primary N) is 3. The summed E-state index contributed by atoms with van der Waals surface area (Å²) >= 11 is 11.9. The number of amides is 2. The summed E-state index contributed by atoms with van der Waals surface area (Å²) in [6.45, 7) is 1.67. The monoisotopic (exact) mass is 473 g/mol. The summed E-state index contributed by atoms with van der Waals surface area (Å²) < 4.78 is 31.7. The summed E-state index contributed by atoms with van der Waals surface area (Å²) in [5.41, 5.74) is 16.4. The van der Waals surface area contributed by atoms with Gasteiger partial charge in [-0.15, -0.1) is 0 Å². The van der Waals surface area contributed by atoms with E-state index >= 15 is 0 Å². The molecule has 1 aromatic rings. The van der Waals surface area contributed by atoms with Gasteiger partial charge >= 0.3 is 12.1 Å². The number of hydrogen-bond donors (Lipinski definition) is 4. The third kappa shape index (κ3) is 9.65. The number of carboxylic acids is 1. The van der Waals surface area contributed by atoms with Gasteiger partial charge in [0.15, 0.2) is 5.96 Å². The highest BCUT2D eigenvalue weighted by molar-refractivity contribution is 6.42. The van der Waals surface area contributed by atoms with Crippen LogP contribution in [0.1, 0.15) is 19.8 Å². The smallest absolute Gasteiger partial charge is 0.475 e. The molecule has 0 radical (unpaired) electrons. The van der Waals surface area contributed by atoms with Crippen LogP contribution in [0.3, 0.4) is 0 Å². The van der Waals surface area contributed by atoms with Crippen LogP contribution < -0.4 is 22.1 Å². The van der Waals surface area contributed by atoms with Crippen molar-refractivity contribution in [3.05, 3.63) is 28.2 Å². The van der Waals surface area contributed by atoms with E-state index in [2.05, 4.69) is 4.99 Å². The maximum absolute atomic E-state index is 12.0. The van der Waals surface area contributed by atoms with Crippen molar-refractivity contribution in [3.63, 3.8) is 0 Å². The van der Waals surface area contributed by atoms with Gasteiger partial charge in [-0.2, -0.15) is 13.2 Å². The first kappa shape index (κ1) is 27.3. The lowest BCUT2D eigenvalue weighted by Crippen LogP contribution is -2.47. The molecule has 14 heteroatoms. The predicted molar refractivity (Wildman–Crippen MR) is 106 cm³/mol. The van der Waals surface area contributed by atoms with Gasteiger partial charge < -0.3 is 27.2 Å². The highest BCUT2D eigenvalue weighted by Gasteiger charge is 2.38. The minimum atomic E-state index is -5.08. The number of guanidine groups is 1. The maximum atomic E-state index is 12.0. The van der Waals surface area contributed by atoms with Crippen molar-refractivity contribution in [3.8, 4) is 0 Å². The number of carboxylic acid groups (broad SMARTS) is 1. The summed E-state index contributed by atoms with van der Waals surface area (Å²) in [4.78, 5) is 37.8. The molecule has 30 heavy (non-hydrogen) atoms. The molecule has 0 fully saturated rings. The largest absolute Gasteiger partial charge is 0.490 e. The molecule has 1 rings (SSSR count). The fourth-order valence-corrected chi connectivity index (χ4v) is 2.40. The number of benzene rings is 1. The van der Waals surface area contributed by atoms with Crippen LogP contribution in [0.5, 0.6) is 0 Å². The van der Waals surface area contributed by atoms with Gasteiger partial charge in [0, 0.05) is 19.2 Å². The van der Waals surface area contributed by atoms with Crippen molar-refractivity contribution in [2.45, 2.75) is 32.0 Å². The standard InChI is InChI=1S/C14H19Cl2N5O2.C2HF3O2/c1-8(22)21(9-4-5-10(15)11(16)7-9)12(13(17)23)3-2-6-20-14(18)19;3-2(4,5)1(6)7/h4-5,7,12H,2-3,6H2,1H3,(H2,17,23)(H4,18,19,20);(H,6,7)/t12-;/m0./s1. The van der Waals surface area contributed by atoms with Gasteiger partial charge in [0.25, 0.3) is 0 Å². The summed E-state index contributed by atoms with van der Waals surface area (Å²) in [6, 6.07) is 3.82. The Hall–Kier alpha value is -2.73. The van der Waals surface area contributed by atoms with Crippen LogP contribution in [0.4, 0.5) is 18.9 Å². The Morgan fingerprint density at radius 3 is 2.07 bits per heavy atom. The first-order chi connectivity index (χ1) is 13.7. The first-order valence-electron chi connectivity index (χ1n) is 8.08. The highest BCUT2D eigenvalue weighted by Crippen LogP contribution is 2.29. The number of nitrogens with zero attached hydrogens (tertiary/aromatic N) is 2. The molecule has 7 N–H and O–H groups in total. The van der Waals surface area contributed by atoms with E-state index in [9.17, 15) is 22.8 Å². The molecule has 9 nitrogen and oxygen atoms in total. The van der Waals surface area contributed by atoms with Crippen LogP contribution in [-0.4, -0.2) is 47.6 Å². The lowest BCUT2D eigenvalue weighted by Gasteiger charge is -2.29. The second kappa shape index (κ2) is 12.1. The van der Waals surface area contributed by atoms with Gasteiger partial charge in [-0.05, 0) is 31.0 Å². The Labute approximate surface area is 179 Å². The van der Waals surface area contributed by atoms with E-state index in [-0.39, 0.29) is 16.9 Å². The molecular weight excluding hydrogens is 454 g/mol. The van der Waals surface area contributed by atoms with Gasteiger partial charge in [-0.3, -0.25) is 14.6 Å².